The van der Waals surface area contributed by atoms with Crippen LogP contribution in [-0.4, -0.2) is 9.97 Å². The average Bonchev–Trinajstić information content (AvgIpc) is 2.82. The van der Waals surface area contributed by atoms with Crippen molar-refractivity contribution in [2.45, 2.75) is 6.92 Å². The first-order valence-electron chi connectivity index (χ1n) is 5.22. The van der Waals surface area contributed by atoms with Gasteiger partial charge in [0.2, 0.25) is 0 Å². The molecule has 0 aliphatic rings. The molecule has 3 rings (SSSR count). The number of furan rings is 1. The van der Waals surface area contributed by atoms with Crippen LogP contribution in [-0.2, 0) is 0 Å². The highest BCUT2D eigenvalue weighted by molar-refractivity contribution is 9.10. The van der Waals surface area contributed by atoms with Gasteiger partial charge in [-0.2, -0.15) is 0 Å². The molecule has 2 aromatic heterocycles. The van der Waals surface area contributed by atoms with Gasteiger partial charge in [0.1, 0.15) is 5.69 Å². The highest BCUT2D eigenvalue weighted by Gasteiger charge is 2.10. The molecule has 1 aromatic carbocycles. The number of halogens is 1. The van der Waals surface area contributed by atoms with Crippen molar-refractivity contribution in [2.75, 3.05) is 0 Å². The molecule has 0 spiro atoms. The summed E-state index contributed by atoms with van der Waals surface area (Å²) >= 11 is 3.32. The molecule has 2 heterocycles. The molecular formula is C13H9BrN2O. The maximum Gasteiger partial charge on any atom is 0.197 e. The molecule has 0 amide bonds. The SMILES string of the molecule is Cc1ccc2nc(Br)nc(-c3ccco3)c2c1. The minimum Gasteiger partial charge on any atom is -0.463 e. The lowest BCUT2D eigenvalue weighted by molar-refractivity contribution is 0.580. The first kappa shape index (κ1) is 10.5. The Bertz CT molecular complexity index is 677. The number of rotatable bonds is 1. The Labute approximate surface area is 107 Å². The summed E-state index contributed by atoms with van der Waals surface area (Å²) in [5.74, 6) is 0.753. The molecule has 0 bridgehead atoms. The van der Waals surface area contributed by atoms with E-state index in [-0.39, 0.29) is 0 Å². The molecule has 0 atom stereocenters. The number of aryl methyl sites for hydroxylation is 1. The van der Waals surface area contributed by atoms with Gasteiger partial charge in [-0.3, -0.25) is 0 Å². The van der Waals surface area contributed by atoms with Crippen molar-refractivity contribution in [1.82, 2.24) is 9.97 Å². The predicted molar refractivity (Wildman–Crippen MR) is 69.7 cm³/mol. The standard InChI is InChI=1S/C13H9BrN2O/c1-8-4-5-10-9(7-8)12(16-13(14)15-10)11-3-2-6-17-11/h2-7H,1H3. The molecule has 0 saturated carbocycles. The molecule has 0 aliphatic carbocycles. The molecule has 0 N–H and O–H groups in total. The van der Waals surface area contributed by atoms with Gasteiger partial charge in [-0.1, -0.05) is 11.6 Å². The Morgan fingerprint density at radius 3 is 2.82 bits per heavy atom. The topological polar surface area (TPSA) is 38.9 Å². The Morgan fingerprint density at radius 1 is 1.18 bits per heavy atom. The molecule has 3 aromatic rings. The maximum absolute atomic E-state index is 5.41. The van der Waals surface area contributed by atoms with Crippen LogP contribution in [0.1, 0.15) is 5.56 Å². The first-order valence-corrected chi connectivity index (χ1v) is 6.01. The highest BCUT2D eigenvalue weighted by Crippen LogP contribution is 2.28. The summed E-state index contributed by atoms with van der Waals surface area (Å²) in [6, 6.07) is 9.85. The summed E-state index contributed by atoms with van der Waals surface area (Å²) < 4.78 is 5.98. The van der Waals surface area contributed by atoms with Gasteiger partial charge >= 0.3 is 0 Å². The van der Waals surface area contributed by atoms with Crippen LogP contribution >= 0.6 is 15.9 Å². The summed E-state index contributed by atoms with van der Waals surface area (Å²) in [5.41, 5.74) is 2.90. The monoisotopic (exact) mass is 288 g/mol. The molecule has 0 radical (unpaired) electrons. The molecule has 3 nitrogen and oxygen atoms in total. The van der Waals surface area contributed by atoms with E-state index in [1.54, 1.807) is 6.26 Å². The second kappa shape index (κ2) is 3.96. The summed E-state index contributed by atoms with van der Waals surface area (Å²) in [6.45, 7) is 2.05. The average molecular weight is 289 g/mol. The van der Waals surface area contributed by atoms with Crippen LogP contribution in [0.25, 0.3) is 22.4 Å². The van der Waals surface area contributed by atoms with E-state index in [0.29, 0.717) is 4.73 Å². The second-order valence-electron chi connectivity index (χ2n) is 3.84. The van der Waals surface area contributed by atoms with E-state index >= 15 is 0 Å². The summed E-state index contributed by atoms with van der Waals surface area (Å²) in [6.07, 6.45) is 1.65. The van der Waals surface area contributed by atoms with E-state index in [4.69, 9.17) is 4.42 Å². The molecule has 0 fully saturated rings. The van der Waals surface area contributed by atoms with Crippen LogP contribution in [0, 0.1) is 6.92 Å². The fraction of sp³-hybridized carbons (Fsp3) is 0.0769. The zero-order chi connectivity index (χ0) is 11.8. The van der Waals surface area contributed by atoms with Crippen LogP contribution in [0.5, 0.6) is 0 Å². The molecule has 17 heavy (non-hydrogen) atoms. The van der Waals surface area contributed by atoms with Crippen LogP contribution < -0.4 is 0 Å². The van der Waals surface area contributed by atoms with Gasteiger partial charge in [0.25, 0.3) is 0 Å². The van der Waals surface area contributed by atoms with Crippen molar-refractivity contribution in [1.29, 1.82) is 0 Å². The molecule has 4 heteroatoms. The second-order valence-corrected chi connectivity index (χ2v) is 4.55. The number of aromatic nitrogens is 2. The Kier molecular flexibility index (Phi) is 2.44. The lowest BCUT2D eigenvalue weighted by atomic mass is 10.1. The van der Waals surface area contributed by atoms with E-state index in [2.05, 4.69) is 32.0 Å². The van der Waals surface area contributed by atoms with Crippen molar-refractivity contribution >= 4 is 26.8 Å². The van der Waals surface area contributed by atoms with Crippen LogP contribution in [0.4, 0.5) is 0 Å². The van der Waals surface area contributed by atoms with E-state index in [9.17, 15) is 0 Å². The van der Waals surface area contributed by atoms with E-state index < -0.39 is 0 Å². The number of nitrogens with zero attached hydrogens (tertiary/aromatic N) is 2. The Morgan fingerprint density at radius 2 is 2.06 bits per heavy atom. The minimum absolute atomic E-state index is 0.570. The van der Waals surface area contributed by atoms with Gasteiger partial charge < -0.3 is 4.42 Å². The van der Waals surface area contributed by atoms with Crippen molar-refractivity contribution in [3.8, 4) is 11.5 Å². The van der Waals surface area contributed by atoms with Crippen molar-refractivity contribution in [2.24, 2.45) is 0 Å². The lowest BCUT2D eigenvalue weighted by Gasteiger charge is -2.04. The zero-order valence-corrected chi connectivity index (χ0v) is 10.7. The third kappa shape index (κ3) is 1.85. The van der Waals surface area contributed by atoms with Crippen molar-refractivity contribution in [3.05, 3.63) is 46.9 Å². The molecule has 84 valence electrons. The van der Waals surface area contributed by atoms with Gasteiger partial charge in [-0.25, -0.2) is 9.97 Å². The van der Waals surface area contributed by atoms with Crippen LogP contribution in [0.2, 0.25) is 0 Å². The summed E-state index contributed by atoms with van der Waals surface area (Å²) in [7, 11) is 0. The number of hydrogen-bond acceptors (Lipinski definition) is 3. The van der Waals surface area contributed by atoms with Gasteiger partial charge in [-0.05, 0) is 47.1 Å². The summed E-state index contributed by atoms with van der Waals surface area (Å²) in [4.78, 5) is 8.75. The number of hydrogen-bond donors (Lipinski definition) is 0. The lowest BCUT2D eigenvalue weighted by Crippen LogP contribution is -1.91. The van der Waals surface area contributed by atoms with E-state index in [1.807, 2.05) is 31.2 Å². The molecule has 0 unspecified atom stereocenters. The van der Waals surface area contributed by atoms with Gasteiger partial charge in [0.15, 0.2) is 10.5 Å². The Balaban J connectivity index is 2.39. The first-order chi connectivity index (χ1) is 8.24. The highest BCUT2D eigenvalue weighted by atomic mass is 79.9. The number of fused-ring (bicyclic) bond motifs is 1. The van der Waals surface area contributed by atoms with Crippen LogP contribution in [0.15, 0.2) is 45.7 Å². The zero-order valence-electron chi connectivity index (χ0n) is 9.14. The third-order valence-electron chi connectivity index (χ3n) is 2.58. The third-order valence-corrected chi connectivity index (χ3v) is 2.93. The quantitative estimate of drug-likeness (QED) is 0.636. The molecular weight excluding hydrogens is 280 g/mol. The fourth-order valence-corrected chi connectivity index (χ4v) is 2.18. The number of benzene rings is 1. The normalized spacial score (nSPS) is 10.9. The van der Waals surface area contributed by atoms with Crippen LogP contribution in [0.3, 0.4) is 0 Å². The largest absolute Gasteiger partial charge is 0.463 e. The van der Waals surface area contributed by atoms with Gasteiger partial charge in [-0.15, -0.1) is 0 Å². The van der Waals surface area contributed by atoms with Crippen molar-refractivity contribution < 1.29 is 4.42 Å². The van der Waals surface area contributed by atoms with E-state index in [0.717, 1.165) is 22.4 Å². The predicted octanol–water partition coefficient (Wildman–Crippen LogP) is 3.96. The van der Waals surface area contributed by atoms with E-state index in [1.165, 1.54) is 5.56 Å². The smallest absolute Gasteiger partial charge is 0.197 e. The Hall–Kier alpha value is -1.68. The minimum atomic E-state index is 0.570. The van der Waals surface area contributed by atoms with Crippen molar-refractivity contribution in [3.63, 3.8) is 0 Å². The maximum atomic E-state index is 5.41. The van der Waals surface area contributed by atoms with Gasteiger partial charge in [0.05, 0.1) is 11.8 Å². The van der Waals surface area contributed by atoms with Gasteiger partial charge in [0, 0.05) is 5.39 Å². The summed E-state index contributed by atoms with van der Waals surface area (Å²) in [5, 5.41) is 1.00. The molecule has 0 saturated heterocycles. The molecule has 0 aliphatic heterocycles. The fourth-order valence-electron chi connectivity index (χ4n) is 1.82.